The molecule has 0 saturated carbocycles. The molecule has 0 fully saturated rings. The largest absolute Gasteiger partial charge is 0.370 e. The number of aryl methyl sites for hydroxylation is 2. The molecule has 0 amide bonds. The predicted molar refractivity (Wildman–Crippen MR) is 121 cm³/mol. The van der Waals surface area contributed by atoms with Gasteiger partial charge in [0.25, 0.3) is 0 Å². The van der Waals surface area contributed by atoms with E-state index in [0.29, 0.717) is 12.5 Å². The molecule has 4 nitrogen and oxygen atoms in total. The van der Waals surface area contributed by atoms with Crippen LogP contribution in [0.3, 0.4) is 0 Å². The Morgan fingerprint density at radius 1 is 1.00 bits per heavy atom. The van der Waals surface area contributed by atoms with Crippen LogP contribution in [0.4, 0.5) is 5.69 Å². The van der Waals surface area contributed by atoms with E-state index in [1.165, 1.54) is 16.5 Å². The van der Waals surface area contributed by atoms with Crippen molar-refractivity contribution < 1.29 is 0 Å². The van der Waals surface area contributed by atoms with Crippen molar-refractivity contribution in [2.24, 2.45) is 10.7 Å². The Labute approximate surface area is 172 Å². The van der Waals surface area contributed by atoms with Gasteiger partial charge in [-0.05, 0) is 35.4 Å². The highest BCUT2D eigenvalue weighted by Crippen LogP contribution is 2.22. The van der Waals surface area contributed by atoms with Gasteiger partial charge in [-0.2, -0.15) is 0 Å². The minimum atomic E-state index is 0. The molecule has 0 saturated heterocycles. The molecule has 0 aliphatic carbocycles. The van der Waals surface area contributed by atoms with Crippen LogP contribution < -0.4 is 11.1 Å². The lowest BCUT2D eigenvalue weighted by Crippen LogP contribution is -2.24. The van der Waals surface area contributed by atoms with E-state index in [9.17, 15) is 0 Å². The number of guanidine groups is 1. The number of aliphatic imine (C=N–C) groups is 1. The van der Waals surface area contributed by atoms with E-state index >= 15 is 0 Å². The van der Waals surface area contributed by atoms with Gasteiger partial charge in [-0.3, -0.25) is 4.98 Å². The minimum Gasteiger partial charge on any atom is -0.370 e. The Hall–Kier alpha value is -2.15. The molecule has 3 rings (SSSR count). The zero-order valence-corrected chi connectivity index (χ0v) is 17.5. The monoisotopic (exact) mass is 460 g/mol. The van der Waals surface area contributed by atoms with Crippen LogP contribution >= 0.6 is 24.0 Å². The maximum Gasteiger partial charge on any atom is 0.193 e. The van der Waals surface area contributed by atoms with Gasteiger partial charge in [0.05, 0.1) is 12.2 Å². The number of hydrogen-bond acceptors (Lipinski definition) is 2. The highest BCUT2D eigenvalue weighted by Gasteiger charge is 2.07. The number of para-hydroxylation sites is 1. The van der Waals surface area contributed by atoms with Crippen molar-refractivity contribution in [1.82, 2.24) is 4.98 Å². The Bertz CT molecular complexity index is 878. The van der Waals surface area contributed by atoms with Gasteiger partial charge in [-0.1, -0.05) is 56.3 Å². The first kappa shape index (κ1) is 20.2. The van der Waals surface area contributed by atoms with E-state index < -0.39 is 0 Å². The second-order valence-corrected chi connectivity index (χ2v) is 5.96. The SMILES string of the molecule is CCc1cccc(CC)c1NC(N)=NCc1nccc2ccccc12.I. The molecular weight excluding hydrogens is 435 g/mol. The summed E-state index contributed by atoms with van der Waals surface area (Å²) in [7, 11) is 0. The highest BCUT2D eigenvalue weighted by molar-refractivity contribution is 14.0. The van der Waals surface area contributed by atoms with E-state index in [2.05, 4.69) is 59.5 Å². The zero-order chi connectivity index (χ0) is 17.6. The van der Waals surface area contributed by atoms with Crippen LogP contribution in [0.25, 0.3) is 10.8 Å². The number of benzene rings is 2. The van der Waals surface area contributed by atoms with Crippen LogP contribution in [-0.2, 0) is 19.4 Å². The lowest BCUT2D eigenvalue weighted by Gasteiger charge is -2.15. The number of anilines is 1. The fourth-order valence-electron chi connectivity index (χ4n) is 3.04. The first-order chi connectivity index (χ1) is 12.2. The molecule has 0 aliphatic heterocycles. The molecule has 0 bridgehead atoms. The Morgan fingerprint density at radius 3 is 2.38 bits per heavy atom. The molecule has 2 aromatic carbocycles. The van der Waals surface area contributed by atoms with Crippen LogP contribution in [0.5, 0.6) is 0 Å². The van der Waals surface area contributed by atoms with E-state index in [4.69, 9.17) is 5.73 Å². The van der Waals surface area contributed by atoms with Crippen LogP contribution in [0.1, 0.15) is 30.7 Å². The summed E-state index contributed by atoms with van der Waals surface area (Å²) < 4.78 is 0. The maximum absolute atomic E-state index is 6.16. The summed E-state index contributed by atoms with van der Waals surface area (Å²) in [5.41, 5.74) is 10.7. The lowest BCUT2D eigenvalue weighted by atomic mass is 10.0. The zero-order valence-electron chi connectivity index (χ0n) is 15.2. The van der Waals surface area contributed by atoms with Crippen molar-refractivity contribution in [2.45, 2.75) is 33.2 Å². The summed E-state index contributed by atoms with van der Waals surface area (Å²) in [6.45, 7) is 4.75. The summed E-state index contributed by atoms with van der Waals surface area (Å²) >= 11 is 0. The lowest BCUT2D eigenvalue weighted by molar-refractivity contribution is 1.00. The number of rotatable bonds is 5. The molecule has 0 spiro atoms. The van der Waals surface area contributed by atoms with Crippen molar-refractivity contribution >= 4 is 46.4 Å². The van der Waals surface area contributed by atoms with Gasteiger partial charge < -0.3 is 11.1 Å². The molecule has 26 heavy (non-hydrogen) atoms. The van der Waals surface area contributed by atoms with Gasteiger partial charge >= 0.3 is 0 Å². The third-order valence-corrected chi connectivity index (χ3v) is 4.41. The standard InChI is InChI=1S/C21H24N4.HI/c1-3-15-9-7-10-16(4-2)20(15)25-21(22)24-14-19-18-11-6-5-8-17(18)12-13-23-19;/h5-13H,3-4,14H2,1-2H3,(H3,22,24,25);1H. The topological polar surface area (TPSA) is 63.3 Å². The molecule has 3 N–H and O–H groups in total. The fraction of sp³-hybridized carbons (Fsp3) is 0.238. The molecular formula is C21H25IN4. The average molecular weight is 460 g/mol. The van der Waals surface area contributed by atoms with E-state index in [1.807, 2.05) is 24.4 Å². The molecule has 0 atom stereocenters. The second-order valence-electron chi connectivity index (χ2n) is 5.96. The number of nitrogens with zero attached hydrogens (tertiary/aromatic N) is 2. The summed E-state index contributed by atoms with van der Waals surface area (Å²) in [5.74, 6) is 0.422. The molecule has 1 aromatic heterocycles. The predicted octanol–water partition coefficient (Wildman–Crippen LogP) is 4.90. The average Bonchev–Trinajstić information content (AvgIpc) is 2.66. The number of fused-ring (bicyclic) bond motifs is 1. The third-order valence-electron chi connectivity index (χ3n) is 4.41. The quantitative estimate of drug-likeness (QED) is 0.323. The van der Waals surface area contributed by atoms with Gasteiger partial charge in [0.1, 0.15) is 0 Å². The van der Waals surface area contributed by atoms with E-state index in [-0.39, 0.29) is 24.0 Å². The number of nitrogens with two attached hydrogens (primary N) is 1. The summed E-state index contributed by atoms with van der Waals surface area (Å²) in [6.07, 6.45) is 3.72. The molecule has 5 heteroatoms. The summed E-state index contributed by atoms with van der Waals surface area (Å²) in [4.78, 5) is 8.97. The molecule has 136 valence electrons. The maximum atomic E-state index is 6.16. The molecule has 0 unspecified atom stereocenters. The third kappa shape index (κ3) is 4.52. The molecule has 1 heterocycles. The normalized spacial score (nSPS) is 11.2. The minimum absolute atomic E-state index is 0. The summed E-state index contributed by atoms with van der Waals surface area (Å²) in [5, 5.41) is 5.58. The smallest absolute Gasteiger partial charge is 0.193 e. The van der Waals surface area contributed by atoms with Crippen molar-refractivity contribution in [3.63, 3.8) is 0 Å². The van der Waals surface area contributed by atoms with Crippen LogP contribution in [0, 0.1) is 0 Å². The summed E-state index contributed by atoms with van der Waals surface area (Å²) in [6, 6.07) is 16.5. The van der Waals surface area contributed by atoms with Crippen molar-refractivity contribution in [3.05, 3.63) is 71.5 Å². The van der Waals surface area contributed by atoms with Gasteiger partial charge in [0.15, 0.2) is 5.96 Å². The number of pyridine rings is 1. The molecule has 0 aliphatic rings. The number of halogens is 1. The Morgan fingerprint density at radius 2 is 1.69 bits per heavy atom. The molecule has 0 radical (unpaired) electrons. The van der Waals surface area contributed by atoms with E-state index in [1.54, 1.807) is 0 Å². The fourth-order valence-corrected chi connectivity index (χ4v) is 3.04. The van der Waals surface area contributed by atoms with Crippen molar-refractivity contribution in [3.8, 4) is 0 Å². The highest BCUT2D eigenvalue weighted by atomic mass is 127. The number of nitrogens with one attached hydrogen (secondary N) is 1. The van der Waals surface area contributed by atoms with Gasteiger partial charge in [-0.15, -0.1) is 24.0 Å². The Balaban J connectivity index is 0.00000243. The first-order valence-electron chi connectivity index (χ1n) is 8.73. The first-order valence-corrected chi connectivity index (χ1v) is 8.73. The number of aromatic nitrogens is 1. The van der Waals surface area contributed by atoms with Gasteiger partial charge in [0, 0.05) is 17.3 Å². The van der Waals surface area contributed by atoms with Crippen LogP contribution in [0.15, 0.2) is 59.7 Å². The van der Waals surface area contributed by atoms with Gasteiger partial charge in [-0.25, -0.2) is 4.99 Å². The van der Waals surface area contributed by atoms with Gasteiger partial charge in [0.2, 0.25) is 0 Å². The van der Waals surface area contributed by atoms with Crippen LogP contribution in [-0.4, -0.2) is 10.9 Å². The van der Waals surface area contributed by atoms with Crippen molar-refractivity contribution in [2.75, 3.05) is 5.32 Å². The van der Waals surface area contributed by atoms with Crippen molar-refractivity contribution in [1.29, 1.82) is 0 Å². The molecule has 3 aromatic rings. The van der Waals surface area contributed by atoms with Crippen LogP contribution in [0.2, 0.25) is 0 Å². The Kier molecular flexibility index (Phi) is 7.38. The second kappa shape index (κ2) is 9.52. The number of hydrogen-bond donors (Lipinski definition) is 2. The van der Waals surface area contributed by atoms with E-state index in [0.717, 1.165) is 29.6 Å².